The van der Waals surface area contributed by atoms with Gasteiger partial charge in [-0.1, -0.05) is 57.2 Å². The molecular weight excluding hydrogens is 344 g/mol. The molecule has 3 nitrogen and oxygen atoms in total. The summed E-state index contributed by atoms with van der Waals surface area (Å²) in [7, 11) is 0. The van der Waals surface area contributed by atoms with E-state index >= 15 is 0 Å². The second kappa shape index (κ2) is 5.83. The number of fused-ring (bicyclic) bond motifs is 5. The van der Waals surface area contributed by atoms with Gasteiger partial charge in [0.1, 0.15) is 0 Å². The molecule has 0 aliphatic heterocycles. The molecule has 0 saturated carbocycles. The molecule has 0 saturated heterocycles. The maximum atomic E-state index is 12.9. The molecule has 0 bridgehead atoms. The van der Waals surface area contributed by atoms with E-state index in [1.54, 1.807) is 10.5 Å². The third-order valence-electron chi connectivity index (χ3n) is 5.50. The first kappa shape index (κ1) is 16.8. The van der Waals surface area contributed by atoms with Crippen molar-refractivity contribution in [2.45, 2.75) is 26.2 Å². The van der Waals surface area contributed by atoms with Gasteiger partial charge in [-0.15, -0.1) is 0 Å². The normalized spacial score (nSPS) is 12.2. The zero-order valence-corrected chi connectivity index (χ0v) is 16.3. The predicted octanol–water partition coefficient (Wildman–Crippen LogP) is 5.69. The minimum atomic E-state index is -0.0976. The van der Waals surface area contributed by atoms with E-state index < -0.39 is 0 Å². The van der Waals surface area contributed by atoms with Gasteiger partial charge >= 0.3 is 0 Å². The van der Waals surface area contributed by atoms with Gasteiger partial charge in [-0.05, 0) is 41.3 Å². The Labute approximate surface area is 163 Å². The van der Waals surface area contributed by atoms with Crippen LogP contribution in [-0.4, -0.2) is 8.97 Å². The summed E-state index contributed by atoms with van der Waals surface area (Å²) in [6.07, 6.45) is 1.90. The molecule has 5 aromatic rings. The molecule has 3 heteroatoms. The first-order chi connectivity index (χ1) is 13.4. The topological polar surface area (TPSA) is 26.4 Å². The summed E-state index contributed by atoms with van der Waals surface area (Å²) in [5.74, 6) is 0. The van der Waals surface area contributed by atoms with Crippen molar-refractivity contribution >= 4 is 27.3 Å². The molecule has 0 aliphatic rings. The highest BCUT2D eigenvalue weighted by Crippen LogP contribution is 2.35. The van der Waals surface area contributed by atoms with Crippen LogP contribution in [0.25, 0.3) is 33.0 Å². The molecule has 0 amide bonds. The second-order valence-electron chi connectivity index (χ2n) is 8.35. The molecule has 0 radical (unpaired) electrons. The molecule has 138 valence electrons. The Hall–Kier alpha value is -3.33. The van der Waals surface area contributed by atoms with Gasteiger partial charge in [-0.3, -0.25) is 9.20 Å². The molecular formula is C25H22N2O. The van der Waals surface area contributed by atoms with Crippen molar-refractivity contribution in [1.29, 1.82) is 0 Å². The minimum absolute atomic E-state index is 0.00851. The van der Waals surface area contributed by atoms with Crippen molar-refractivity contribution in [2.75, 3.05) is 0 Å². The lowest BCUT2D eigenvalue weighted by Gasteiger charge is -2.20. The Morgan fingerprint density at radius 2 is 1.46 bits per heavy atom. The minimum Gasteiger partial charge on any atom is -0.307 e. The van der Waals surface area contributed by atoms with Crippen LogP contribution in [0.1, 0.15) is 26.3 Å². The fourth-order valence-corrected chi connectivity index (χ4v) is 4.03. The maximum Gasteiger partial charge on any atom is 0.255 e. The molecule has 0 atom stereocenters. The van der Waals surface area contributed by atoms with Crippen LogP contribution < -0.4 is 5.56 Å². The zero-order chi connectivity index (χ0) is 19.5. The van der Waals surface area contributed by atoms with E-state index in [2.05, 4.69) is 73.9 Å². The van der Waals surface area contributed by atoms with E-state index in [1.807, 2.05) is 24.4 Å². The number of aromatic nitrogens is 2. The number of rotatable bonds is 1. The van der Waals surface area contributed by atoms with Crippen LogP contribution in [-0.2, 0) is 5.41 Å². The second-order valence-corrected chi connectivity index (χ2v) is 8.35. The van der Waals surface area contributed by atoms with Gasteiger partial charge in [0.05, 0.1) is 16.6 Å². The van der Waals surface area contributed by atoms with Crippen LogP contribution in [0.2, 0.25) is 0 Å². The number of nitrogens with zero attached hydrogens (tertiary/aromatic N) is 2. The van der Waals surface area contributed by atoms with Crippen molar-refractivity contribution in [3.8, 4) is 5.69 Å². The monoisotopic (exact) mass is 366 g/mol. The number of para-hydroxylation sites is 2. The Morgan fingerprint density at radius 3 is 2.21 bits per heavy atom. The van der Waals surface area contributed by atoms with Gasteiger partial charge in [0.2, 0.25) is 0 Å². The Bertz CT molecular complexity index is 1400. The fraction of sp³-hybridized carbons (Fsp3) is 0.160. The van der Waals surface area contributed by atoms with Crippen LogP contribution in [0, 0.1) is 0 Å². The Balaban J connectivity index is 2.06. The molecule has 5 rings (SSSR count). The van der Waals surface area contributed by atoms with Crippen LogP contribution in [0.3, 0.4) is 0 Å². The first-order valence-corrected chi connectivity index (χ1v) is 9.60. The maximum absolute atomic E-state index is 12.9. The lowest BCUT2D eigenvalue weighted by atomic mass is 9.87. The summed E-state index contributed by atoms with van der Waals surface area (Å²) in [5, 5.41) is 2.35. The summed E-state index contributed by atoms with van der Waals surface area (Å²) in [4.78, 5) is 12.9. The van der Waals surface area contributed by atoms with Crippen molar-refractivity contribution in [3.63, 3.8) is 0 Å². The molecule has 28 heavy (non-hydrogen) atoms. The summed E-state index contributed by atoms with van der Waals surface area (Å²) in [5.41, 5.74) is 5.21. The SMILES string of the molecule is CC(C)(C)c1cc(=O)n2ccc3c4ccccc4n(-c4ccccc4)c3c2c1. The highest BCUT2D eigenvalue weighted by molar-refractivity contribution is 6.13. The van der Waals surface area contributed by atoms with Crippen LogP contribution in [0.5, 0.6) is 0 Å². The smallest absolute Gasteiger partial charge is 0.255 e. The van der Waals surface area contributed by atoms with Crippen molar-refractivity contribution < 1.29 is 0 Å². The van der Waals surface area contributed by atoms with E-state index in [4.69, 9.17) is 0 Å². The average molecular weight is 366 g/mol. The predicted molar refractivity (Wildman–Crippen MR) is 117 cm³/mol. The van der Waals surface area contributed by atoms with Gasteiger partial charge in [-0.2, -0.15) is 0 Å². The van der Waals surface area contributed by atoms with E-state index in [1.165, 1.54) is 5.39 Å². The number of pyridine rings is 2. The molecule has 0 N–H and O–H groups in total. The lowest BCUT2D eigenvalue weighted by molar-refractivity contribution is 0.589. The van der Waals surface area contributed by atoms with Gasteiger partial charge in [0.15, 0.2) is 0 Å². The molecule has 3 heterocycles. The van der Waals surface area contributed by atoms with E-state index in [-0.39, 0.29) is 11.0 Å². The Kier molecular flexibility index (Phi) is 3.50. The molecule has 0 aliphatic carbocycles. The van der Waals surface area contributed by atoms with Crippen molar-refractivity contribution in [2.24, 2.45) is 0 Å². The summed E-state index contributed by atoms with van der Waals surface area (Å²) in [6.45, 7) is 6.43. The average Bonchev–Trinajstić information content (AvgIpc) is 3.03. The summed E-state index contributed by atoms with van der Waals surface area (Å²) < 4.78 is 4.03. The number of hydrogen-bond donors (Lipinski definition) is 0. The van der Waals surface area contributed by atoms with Crippen LogP contribution in [0.15, 0.2) is 83.8 Å². The first-order valence-electron chi connectivity index (χ1n) is 9.60. The van der Waals surface area contributed by atoms with Crippen LogP contribution in [0.4, 0.5) is 0 Å². The fourth-order valence-electron chi connectivity index (χ4n) is 4.03. The Morgan fingerprint density at radius 1 is 0.750 bits per heavy atom. The summed E-state index contributed by atoms with van der Waals surface area (Å²) >= 11 is 0. The standard InChI is InChI=1S/C25H22N2O/c1-25(2,3)17-15-22-24-20(13-14-26(22)23(28)16-17)19-11-7-8-12-21(19)27(24)18-9-5-4-6-10-18/h4-16H,1-3H3. The van der Waals surface area contributed by atoms with Gasteiger partial charge in [0, 0.05) is 28.7 Å². The van der Waals surface area contributed by atoms with E-state index in [0.29, 0.717) is 0 Å². The highest BCUT2D eigenvalue weighted by Gasteiger charge is 2.19. The molecule has 0 unspecified atom stereocenters. The molecule has 3 aromatic heterocycles. The third-order valence-corrected chi connectivity index (χ3v) is 5.50. The van der Waals surface area contributed by atoms with Crippen molar-refractivity contribution in [3.05, 3.63) is 94.9 Å². The number of hydrogen-bond acceptors (Lipinski definition) is 1. The van der Waals surface area contributed by atoms with E-state index in [9.17, 15) is 4.79 Å². The highest BCUT2D eigenvalue weighted by atomic mass is 16.1. The largest absolute Gasteiger partial charge is 0.307 e. The molecule has 2 aromatic carbocycles. The lowest BCUT2D eigenvalue weighted by Crippen LogP contribution is -2.19. The zero-order valence-electron chi connectivity index (χ0n) is 16.3. The van der Waals surface area contributed by atoms with Crippen LogP contribution >= 0.6 is 0 Å². The molecule has 0 spiro atoms. The van der Waals surface area contributed by atoms with Gasteiger partial charge in [0.25, 0.3) is 5.56 Å². The van der Waals surface area contributed by atoms with Crippen molar-refractivity contribution in [1.82, 2.24) is 8.97 Å². The van der Waals surface area contributed by atoms with Gasteiger partial charge in [-0.25, -0.2) is 0 Å². The molecule has 0 fully saturated rings. The number of benzene rings is 2. The quantitative estimate of drug-likeness (QED) is 0.374. The van der Waals surface area contributed by atoms with Gasteiger partial charge < -0.3 is 4.57 Å². The van der Waals surface area contributed by atoms with E-state index in [0.717, 1.165) is 33.2 Å². The summed E-state index contributed by atoms with van der Waals surface area (Å²) in [6, 6.07) is 24.8. The third kappa shape index (κ3) is 2.40.